The van der Waals surface area contributed by atoms with E-state index >= 15 is 0 Å². The number of aliphatic hydroxyl groups excluding tert-OH is 1. The zero-order chi connectivity index (χ0) is 24.0. The van der Waals surface area contributed by atoms with Gasteiger partial charge in [0.2, 0.25) is 11.8 Å². The zero-order valence-corrected chi connectivity index (χ0v) is 19.5. The second-order valence-corrected chi connectivity index (χ2v) is 8.31. The van der Waals surface area contributed by atoms with E-state index in [1.807, 2.05) is 13.8 Å². The summed E-state index contributed by atoms with van der Waals surface area (Å²) in [4.78, 5) is 37.2. The van der Waals surface area contributed by atoms with Gasteiger partial charge in [0.1, 0.15) is 11.7 Å². The Labute approximate surface area is 194 Å². The molecule has 0 aromatic carbocycles. The maximum absolute atomic E-state index is 13.4. The van der Waals surface area contributed by atoms with Crippen LogP contribution in [-0.4, -0.2) is 75.6 Å². The number of pyridine rings is 2. The van der Waals surface area contributed by atoms with Gasteiger partial charge in [0.25, 0.3) is 5.91 Å². The van der Waals surface area contributed by atoms with Crippen molar-refractivity contribution in [3.05, 3.63) is 53.5 Å². The van der Waals surface area contributed by atoms with Crippen molar-refractivity contribution >= 4 is 11.8 Å². The molecule has 1 aliphatic heterocycles. The molecular formula is C25H30N4O4. The van der Waals surface area contributed by atoms with E-state index in [9.17, 15) is 14.7 Å². The van der Waals surface area contributed by atoms with E-state index in [0.29, 0.717) is 25.1 Å². The average molecular weight is 451 g/mol. The van der Waals surface area contributed by atoms with Crippen LogP contribution >= 0.6 is 0 Å². The van der Waals surface area contributed by atoms with Gasteiger partial charge in [-0.25, -0.2) is 4.98 Å². The number of likely N-dealkylation sites (N-methyl/N-ethyl adjacent to an activating group) is 1. The lowest BCUT2D eigenvalue weighted by molar-refractivity contribution is -0.131. The van der Waals surface area contributed by atoms with Gasteiger partial charge < -0.3 is 19.6 Å². The molecule has 0 saturated heterocycles. The fraction of sp³-hybridized carbons (Fsp3) is 0.440. The SMILES string of the molecule is CCC(=O)N(C)C[C@@H]1Oc2ncc(C#Cc3ccncc3)cc2C(=O)N([C@@H](C)CO)C[C@@H]1C. The van der Waals surface area contributed by atoms with Crippen LogP contribution in [0.3, 0.4) is 0 Å². The van der Waals surface area contributed by atoms with Crippen LogP contribution in [0.5, 0.6) is 5.88 Å². The van der Waals surface area contributed by atoms with Gasteiger partial charge in [-0.3, -0.25) is 14.6 Å². The summed E-state index contributed by atoms with van der Waals surface area (Å²) in [6.45, 7) is 6.17. The number of amides is 2. The number of hydrogen-bond acceptors (Lipinski definition) is 6. The normalized spacial score (nSPS) is 18.7. The Kier molecular flexibility index (Phi) is 8.01. The molecule has 2 amide bonds. The van der Waals surface area contributed by atoms with Crippen LogP contribution in [0.1, 0.15) is 48.7 Å². The molecule has 1 aliphatic rings. The lowest BCUT2D eigenvalue weighted by atomic mass is 10.00. The van der Waals surface area contributed by atoms with Crippen molar-refractivity contribution in [2.45, 2.75) is 39.3 Å². The minimum atomic E-state index is -0.381. The van der Waals surface area contributed by atoms with E-state index in [1.165, 1.54) is 0 Å². The maximum atomic E-state index is 13.4. The van der Waals surface area contributed by atoms with Gasteiger partial charge in [-0.05, 0) is 25.1 Å². The number of fused-ring (bicyclic) bond motifs is 1. The molecule has 33 heavy (non-hydrogen) atoms. The van der Waals surface area contributed by atoms with Crippen molar-refractivity contribution < 1.29 is 19.4 Å². The summed E-state index contributed by atoms with van der Waals surface area (Å²) < 4.78 is 6.19. The molecule has 0 aliphatic carbocycles. The zero-order valence-electron chi connectivity index (χ0n) is 19.5. The highest BCUT2D eigenvalue weighted by molar-refractivity contribution is 5.97. The first-order chi connectivity index (χ1) is 15.8. The highest BCUT2D eigenvalue weighted by Gasteiger charge is 2.34. The van der Waals surface area contributed by atoms with Gasteiger partial charge in [0.15, 0.2) is 0 Å². The van der Waals surface area contributed by atoms with Crippen molar-refractivity contribution in [2.24, 2.45) is 5.92 Å². The Morgan fingerprint density at radius 2 is 2.03 bits per heavy atom. The minimum Gasteiger partial charge on any atom is -0.472 e. The minimum absolute atomic E-state index is 0.0134. The molecule has 174 valence electrons. The number of ether oxygens (including phenoxy) is 1. The van der Waals surface area contributed by atoms with Gasteiger partial charge in [-0.2, -0.15) is 0 Å². The van der Waals surface area contributed by atoms with Gasteiger partial charge >= 0.3 is 0 Å². The number of rotatable bonds is 5. The fourth-order valence-electron chi connectivity index (χ4n) is 3.61. The smallest absolute Gasteiger partial charge is 0.259 e. The van der Waals surface area contributed by atoms with Crippen molar-refractivity contribution in [1.82, 2.24) is 19.8 Å². The molecule has 0 radical (unpaired) electrons. The number of aliphatic hydroxyl groups is 1. The molecule has 2 aromatic rings. The van der Waals surface area contributed by atoms with E-state index in [2.05, 4.69) is 21.8 Å². The second kappa shape index (κ2) is 10.9. The van der Waals surface area contributed by atoms with Crippen molar-refractivity contribution in [3.63, 3.8) is 0 Å². The molecule has 0 saturated carbocycles. The molecule has 1 N–H and O–H groups in total. The van der Waals surface area contributed by atoms with Crippen LogP contribution in [0.25, 0.3) is 0 Å². The second-order valence-electron chi connectivity index (χ2n) is 8.31. The third-order valence-corrected chi connectivity index (χ3v) is 5.73. The van der Waals surface area contributed by atoms with E-state index in [1.54, 1.807) is 60.6 Å². The van der Waals surface area contributed by atoms with E-state index in [-0.39, 0.29) is 47.9 Å². The van der Waals surface area contributed by atoms with Crippen molar-refractivity contribution in [2.75, 3.05) is 26.7 Å². The quantitative estimate of drug-likeness (QED) is 0.700. The van der Waals surface area contributed by atoms with Crippen LogP contribution in [0.15, 0.2) is 36.8 Å². The first-order valence-electron chi connectivity index (χ1n) is 11.1. The molecule has 2 aromatic heterocycles. The number of carbonyl (C=O) groups is 2. The first kappa shape index (κ1) is 24.2. The Bertz CT molecular complexity index is 1050. The molecule has 0 bridgehead atoms. The molecule has 3 heterocycles. The highest BCUT2D eigenvalue weighted by Crippen LogP contribution is 2.27. The summed E-state index contributed by atoms with van der Waals surface area (Å²) in [6.07, 6.45) is 4.93. The van der Waals surface area contributed by atoms with Crippen LogP contribution < -0.4 is 4.74 Å². The summed E-state index contributed by atoms with van der Waals surface area (Å²) in [5.74, 6) is 5.93. The first-order valence-corrected chi connectivity index (χ1v) is 11.1. The van der Waals surface area contributed by atoms with Gasteiger partial charge in [-0.1, -0.05) is 25.7 Å². The van der Waals surface area contributed by atoms with Gasteiger partial charge in [0, 0.05) is 55.6 Å². The van der Waals surface area contributed by atoms with E-state index in [0.717, 1.165) is 5.56 Å². The lowest BCUT2D eigenvalue weighted by Crippen LogP contribution is -2.50. The fourth-order valence-corrected chi connectivity index (χ4v) is 3.61. The van der Waals surface area contributed by atoms with Gasteiger partial charge in [-0.15, -0.1) is 0 Å². The molecular weight excluding hydrogens is 420 g/mol. The molecule has 3 rings (SSSR count). The topological polar surface area (TPSA) is 95.9 Å². The molecule has 0 fully saturated rings. The standard InChI is InChI=1S/C25H30N4O4/c1-5-23(31)28(4)15-22-17(2)14-29(18(3)16-30)25(32)21-12-20(13-27-24(21)33-22)7-6-19-8-10-26-11-9-19/h8-13,17-18,22,30H,5,14-16H2,1-4H3/t17-,18-,22-/m0/s1. The summed E-state index contributed by atoms with van der Waals surface area (Å²) in [5, 5.41) is 9.76. The number of hydrogen-bond donors (Lipinski definition) is 1. The average Bonchev–Trinajstić information content (AvgIpc) is 2.84. The molecule has 3 atom stereocenters. The third kappa shape index (κ3) is 5.88. The monoisotopic (exact) mass is 450 g/mol. The van der Waals surface area contributed by atoms with Crippen LogP contribution in [-0.2, 0) is 4.79 Å². The van der Waals surface area contributed by atoms with Crippen LogP contribution in [0.2, 0.25) is 0 Å². The predicted octanol–water partition coefficient (Wildman–Crippen LogP) is 1.96. The molecule has 8 heteroatoms. The molecule has 0 spiro atoms. The number of nitrogens with zero attached hydrogens (tertiary/aromatic N) is 4. The maximum Gasteiger partial charge on any atom is 0.259 e. The summed E-state index contributed by atoms with van der Waals surface area (Å²) in [7, 11) is 1.74. The number of aromatic nitrogens is 2. The molecule has 0 unspecified atom stereocenters. The summed E-state index contributed by atoms with van der Waals surface area (Å²) >= 11 is 0. The third-order valence-electron chi connectivity index (χ3n) is 5.73. The number of carbonyl (C=O) groups excluding carboxylic acids is 2. The lowest BCUT2D eigenvalue weighted by Gasteiger charge is -2.37. The van der Waals surface area contributed by atoms with E-state index < -0.39 is 0 Å². The van der Waals surface area contributed by atoms with Crippen LogP contribution in [0.4, 0.5) is 0 Å². The van der Waals surface area contributed by atoms with Crippen LogP contribution in [0, 0.1) is 17.8 Å². The Morgan fingerprint density at radius 3 is 2.70 bits per heavy atom. The summed E-state index contributed by atoms with van der Waals surface area (Å²) in [6, 6.07) is 4.89. The van der Waals surface area contributed by atoms with E-state index in [4.69, 9.17) is 4.74 Å². The predicted molar refractivity (Wildman–Crippen MR) is 124 cm³/mol. The summed E-state index contributed by atoms with van der Waals surface area (Å²) in [5.41, 5.74) is 1.66. The van der Waals surface area contributed by atoms with Crippen molar-refractivity contribution in [3.8, 4) is 17.7 Å². The largest absolute Gasteiger partial charge is 0.472 e. The van der Waals surface area contributed by atoms with Gasteiger partial charge in [0.05, 0.1) is 19.2 Å². The molecule has 8 nitrogen and oxygen atoms in total. The Morgan fingerprint density at radius 1 is 1.33 bits per heavy atom. The Hall–Kier alpha value is -3.44. The highest BCUT2D eigenvalue weighted by atomic mass is 16.5. The Balaban J connectivity index is 1.98. The van der Waals surface area contributed by atoms with Crippen molar-refractivity contribution in [1.29, 1.82) is 0 Å².